The van der Waals surface area contributed by atoms with Gasteiger partial charge in [-0.2, -0.15) is 0 Å². The van der Waals surface area contributed by atoms with Crippen LogP contribution >= 0.6 is 12.4 Å². The average molecular weight is 343 g/mol. The summed E-state index contributed by atoms with van der Waals surface area (Å²) in [5.74, 6) is 0.236. The van der Waals surface area contributed by atoms with Gasteiger partial charge in [0, 0.05) is 12.6 Å². The highest BCUT2D eigenvalue weighted by Gasteiger charge is 2.38. The molecule has 6 heteroatoms. The van der Waals surface area contributed by atoms with Crippen LogP contribution in [0, 0.1) is 11.7 Å². The second-order valence-electron chi connectivity index (χ2n) is 6.42. The number of hydrogen-bond donors (Lipinski definition) is 3. The lowest BCUT2D eigenvalue weighted by Crippen LogP contribution is -2.44. The molecule has 1 amide bonds. The van der Waals surface area contributed by atoms with Crippen molar-refractivity contribution in [2.45, 2.75) is 50.3 Å². The van der Waals surface area contributed by atoms with Crippen molar-refractivity contribution >= 4 is 18.3 Å². The van der Waals surface area contributed by atoms with E-state index in [0.717, 1.165) is 12.8 Å². The van der Waals surface area contributed by atoms with Gasteiger partial charge in [0.2, 0.25) is 5.91 Å². The number of aliphatic hydroxyl groups excluding tert-OH is 1. The maximum absolute atomic E-state index is 12.9. The number of nitrogens with one attached hydrogen (secondary N) is 2. The molecule has 0 bridgehead atoms. The molecular formula is C17H24ClFN2O2. The Balaban J connectivity index is 0.00000192. The number of carbonyl (C=O) groups excluding carboxylic acids is 1. The molecule has 2 aliphatic rings. The molecule has 4 unspecified atom stereocenters. The molecule has 1 aliphatic carbocycles. The minimum Gasteiger partial charge on any atom is -0.387 e. The largest absolute Gasteiger partial charge is 0.387 e. The molecule has 1 aromatic rings. The SMILES string of the molecule is Cl.O=C(NCC(O)c1ccc(F)cc1)C1CC2CCCCC2N1. The highest BCUT2D eigenvalue weighted by molar-refractivity contribution is 5.85. The minimum atomic E-state index is -0.812. The lowest BCUT2D eigenvalue weighted by Gasteiger charge is -2.24. The summed E-state index contributed by atoms with van der Waals surface area (Å²) in [5, 5.41) is 16.3. The first-order valence-corrected chi connectivity index (χ1v) is 8.11. The third-order valence-corrected chi connectivity index (χ3v) is 4.90. The van der Waals surface area contributed by atoms with Crippen LogP contribution in [0.1, 0.15) is 43.8 Å². The molecule has 0 aromatic heterocycles. The summed E-state index contributed by atoms with van der Waals surface area (Å²) in [5.41, 5.74) is 0.606. The van der Waals surface area contributed by atoms with Crippen LogP contribution in [-0.2, 0) is 4.79 Å². The van der Waals surface area contributed by atoms with Gasteiger partial charge in [0.25, 0.3) is 0 Å². The second-order valence-corrected chi connectivity index (χ2v) is 6.42. The highest BCUT2D eigenvalue weighted by Crippen LogP contribution is 2.33. The van der Waals surface area contributed by atoms with Gasteiger partial charge in [-0.05, 0) is 42.9 Å². The van der Waals surface area contributed by atoms with Crippen LogP contribution < -0.4 is 10.6 Å². The standard InChI is InChI=1S/C17H23FN2O2.ClH/c18-13-7-5-11(6-8-13)16(21)10-19-17(22)15-9-12-3-1-2-4-14(12)20-15;/h5-8,12,14-16,20-21H,1-4,9-10H2,(H,19,22);1H. The van der Waals surface area contributed by atoms with E-state index < -0.39 is 6.10 Å². The predicted octanol–water partition coefficient (Wildman–Crippen LogP) is 2.32. The Hall–Kier alpha value is -1.17. The molecule has 4 nitrogen and oxygen atoms in total. The maximum Gasteiger partial charge on any atom is 0.237 e. The summed E-state index contributed by atoms with van der Waals surface area (Å²) < 4.78 is 12.9. The van der Waals surface area contributed by atoms with Crippen molar-refractivity contribution in [1.29, 1.82) is 0 Å². The van der Waals surface area contributed by atoms with Crippen LogP contribution in [0.2, 0.25) is 0 Å². The normalized spacial score (nSPS) is 27.7. The van der Waals surface area contributed by atoms with Crippen LogP contribution in [0.5, 0.6) is 0 Å². The van der Waals surface area contributed by atoms with Crippen LogP contribution in [0.15, 0.2) is 24.3 Å². The van der Waals surface area contributed by atoms with Gasteiger partial charge in [-0.3, -0.25) is 4.79 Å². The van der Waals surface area contributed by atoms with Gasteiger partial charge in [-0.25, -0.2) is 4.39 Å². The molecule has 1 heterocycles. The highest BCUT2D eigenvalue weighted by atomic mass is 35.5. The van der Waals surface area contributed by atoms with Crippen molar-refractivity contribution in [2.75, 3.05) is 6.54 Å². The molecule has 1 aliphatic heterocycles. The summed E-state index contributed by atoms with van der Waals surface area (Å²) in [7, 11) is 0. The molecule has 3 rings (SSSR count). The summed E-state index contributed by atoms with van der Waals surface area (Å²) in [6.07, 6.45) is 4.95. The molecule has 23 heavy (non-hydrogen) atoms. The van der Waals surface area contributed by atoms with Crippen molar-refractivity contribution in [1.82, 2.24) is 10.6 Å². The zero-order chi connectivity index (χ0) is 15.5. The van der Waals surface area contributed by atoms with Gasteiger partial charge in [-0.1, -0.05) is 25.0 Å². The van der Waals surface area contributed by atoms with Crippen LogP contribution in [0.4, 0.5) is 4.39 Å². The van der Waals surface area contributed by atoms with Crippen LogP contribution in [0.3, 0.4) is 0 Å². The third-order valence-electron chi connectivity index (χ3n) is 4.90. The zero-order valence-electron chi connectivity index (χ0n) is 13.0. The Morgan fingerprint density at radius 2 is 2.00 bits per heavy atom. The van der Waals surface area contributed by atoms with Crippen molar-refractivity contribution in [3.8, 4) is 0 Å². The molecule has 1 saturated heterocycles. The van der Waals surface area contributed by atoms with E-state index in [2.05, 4.69) is 10.6 Å². The number of hydrogen-bond acceptors (Lipinski definition) is 3. The first kappa shape index (κ1) is 18.2. The molecule has 1 saturated carbocycles. The fourth-order valence-corrected chi connectivity index (χ4v) is 3.64. The first-order chi connectivity index (χ1) is 10.6. The van der Waals surface area contributed by atoms with Crippen molar-refractivity contribution in [3.63, 3.8) is 0 Å². The molecule has 4 atom stereocenters. The molecule has 0 spiro atoms. The topological polar surface area (TPSA) is 61.4 Å². The van der Waals surface area contributed by atoms with Gasteiger partial charge in [0.15, 0.2) is 0 Å². The van der Waals surface area contributed by atoms with Crippen molar-refractivity contribution in [2.24, 2.45) is 5.92 Å². The van der Waals surface area contributed by atoms with Gasteiger partial charge >= 0.3 is 0 Å². The number of halogens is 2. The van der Waals surface area contributed by atoms with Gasteiger partial charge in [0.05, 0.1) is 12.1 Å². The minimum absolute atomic E-state index is 0. The summed E-state index contributed by atoms with van der Waals surface area (Å²) in [6.45, 7) is 0.151. The summed E-state index contributed by atoms with van der Waals surface area (Å²) in [6, 6.07) is 6.02. The molecule has 0 radical (unpaired) electrons. The van der Waals surface area contributed by atoms with E-state index >= 15 is 0 Å². The summed E-state index contributed by atoms with van der Waals surface area (Å²) >= 11 is 0. The second kappa shape index (κ2) is 8.08. The average Bonchev–Trinajstić information content (AvgIpc) is 2.97. The van der Waals surface area contributed by atoms with Gasteiger partial charge in [-0.15, -0.1) is 12.4 Å². The molecule has 128 valence electrons. The van der Waals surface area contributed by atoms with Crippen LogP contribution in [-0.4, -0.2) is 29.6 Å². The van der Waals surface area contributed by atoms with E-state index in [9.17, 15) is 14.3 Å². The fourth-order valence-electron chi connectivity index (χ4n) is 3.64. The number of carbonyl (C=O) groups is 1. The Bertz CT molecular complexity index is 512. The number of rotatable bonds is 4. The predicted molar refractivity (Wildman–Crippen MR) is 88.9 cm³/mol. The molecule has 2 fully saturated rings. The van der Waals surface area contributed by atoms with Crippen molar-refractivity contribution in [3.05, 3.63) is 35.6 Å². The Morgan fingerprint density at radius 1 is 1.30 bits per heavy atom. The van der Waals surface area contributed by atoms with E-state index in [-0.39, 0.29) is 36.7 Å². The lowest BCUT2D eigenvalue weighted by atomic mass is 9.85. The third kappa shape index (κ3) is 4.43. The zero-order valence-corrected chi connectivity index (χ0v) is 13.8. The Labute approximate surface area is 142 Å². The van der Waals surface area contributed by atoms with Gasteiger partial charge in [0.1, 0.15) is 5.82 Å². The van der Waals surface area contributed by atoms with E-state index in [1.54, 1.807) is 0 Å². The van der Waals surface area contributed by atoms with Crippen LogP contribution in [0.25, 0.3) is 0 Å². The quantitative estimate of drug-likeness (QED) is 0.787. The molecule has 3 N–H and O–H groups in total. The number of fused-ring (bicyclic) bond motifs is 1. The Morgan fingerprint density at radius 3 is 2.70 bits per heavy atom. The number of benzene rings is 1. The fraction of sp³-hybridized carbons (Fsp3) is 0.588. The molecular weight excluding hydrogens is 319 g/mol. The molecule has 1 aromatic carbocycles. The first-order valence-electron chi connectivity index (χ1n) is 8.11. The van der Waals surface area contributed by atoms with E-state index in [0.29, 0.717) is 17.5 Å². The lowest BCUT2D eigenvalue weighted by molar-refractivity contribution is -0.123. The monoisotopic (exact) mass is 342 g/mol. The number of aliphatic hydroxyl groups is 1. The smallest absolute Gasteiger partial charge is 0.237 e. The van der Waals surface area contributed by atoms with E-state index in [1.165, 1.54) is 43.5 Å². The van der Waals surface area contributed by atoms with Gasteiger partial charge < -0.3 is 15.7 Å². The maximum atomic E-state index is 12.9. The number of amides is 1. The Kier molecular flexibility index (Phi) is 6.39. The van der Waals surface area contributed by atoms with E-state index in [1.807, 2.05) is 0 Å². The summed E-state index contributed by atoms with van der Waals surface area (Å²) in [4.78, 5) is 12.2. The van der Waals surface area contributed by atoms with E-state index in [4.69, 9.17) is 0 Å². The van der Waals surface area contributed by atoms with Crippen molar-refractivity contribution < 1.29 is 14.3 Å².